The van der Waals surface area contributed by atoms with Gasteiger partial charge in [0.05, 0.1) is 6.61 Å². The summed E-state index contributed by atoms with van der Waals surface area (Å²) in [5.41, 5.74) is 0.975. The van der Waals surface area contributed by atoms with E-state index in [0.717, 1.165) is 18.0 Å². The second-order valence-electron chi connectivity index (χ2n) is 7.71. The van der Waals surface area contributed by atoms with E-state index in [1.807, 2.05) is 35.8 Å². The summed E-state index contributed by atoms with van der Waals surface area (Å²) in [5.74, 6) is 1.73. The van der Waals surface area contributed by atoms with Crippen molar-refractivity contribution in [3.8, 4) is 5.75 Å². The Bertz CT molecular complexity index is 1180. The van der Waals surface area contributed by atoms with E-state index in [4.69, 9.17) is 14.8 Å². The van der Waals surface area contributed by atoms with Crippen LogP contribution in [0.1, 0.15) is 20.3 Å². The highest BCUT2D eigenvalue weighted by molar-refractivity contribution is 5.77. The minimum atomic E-state index is -0.419. The van der Waals surface area contributed by atoms with Gasteiger partial charge in [-0.1, -0.05) is 6.92 Å². The third-order valence-electron chi connectivity index (χ3n) is 5.44. The standard InChI is InChI=1S/C21H27N5O4/c1-4-30-16-8-6-15(7-9-16)25-12-14(2)13-26-17-18(22-20(25)26)23(3)21(29)24(19(17)28)10-5-11-27/h6-9,14,27H,4-5,10-13H2,1-3H3/t14-/m0/s1. The Morgan fingerprint density at radius 2 is 1.93 bits per heavy atom. The lowest BCUT2D eigenvalue weighted by Crippen LogP contribution is -2.40. The van der Waals surface area contributed by atoms with E-state index in [9.17, 15) is 9.59 Å². The number of aryl methyl sites for hydroxylation is 1. The predicted molar refractivity (Wildman–Crippen MR) is 115 cm³/mol. The van der Waals surface area contributed by atoms with Crippen LogP contribution in [0.2, 0.25) is 0 Å². The van der Waals surface area contributed by atoms with Crippen LogP contribution in [-0.2, 0) is 20.1 Å². The Morgan fingerprint density at radius 1 is 1.20 bits per heavy atom. The molecular formula is C21H27N5O4. The minimum absolute atomic E-state index is 0.0826. The lowest BCUT2D eigenvalue weighted by Gasteiger charge is -2.33. The molecule has 0 saturated heterocycles. The van der Waals surface area contributed by atoms with Crippen LogP contribution in [0.5, 0.6) is 5.75 Å². The van der Waals surface area contributed by atoms with Crippen molar-refractivity contribution in [3.05, 3.63) is 45.1 Å². The van der Waals surface area contributed by atoms with Gasteiger partial charge < -0.3 is 19.3 Å². The number of benzene rings is 1. The van der Waals surface area contributed by atoms with E-state index < -0.39 is 5.69 Å². The summed E-state index contributed by atoms with van der Waals surface area (Å²) in [5, 5.41) is 9.14. The first-order chi connectivity index (χ1) is 14.5. The summed E-state index contributed by atoms with van der Waals surface area (Å²) in [6.45, 7) is 6.17. The molecule has 0 unspecified atom stereocenters. The molecule has 0 fully saturated rings. The first kappa shape index (κ1) is 20.2. The molecule has 30 heavy (non-hydrogen) atoms. The number of nitrogens with zero attached hydrogens (tertiary/aromatic N) is 5. The zero-order valence-electron chi connectivity index (χ0n) is 17.5. The second-order valence-corrected chi connectivity index (χ2v) is 7.71. The second kappa shape index (κ2) is 7.98. The number of rotatable bonds is 6. The quantitative estimate of drug-likeness (QED) is 0.658. The molecule has 4 rings (SSSR count). The highest BCUT2D eigenvalue weighted by Gasteiger charge is 2.29. The van der Waals surface area contributed by atoms with Crippen molar-refractivity contribution in [2.45, 2.75) is 33.4 Å². The molecule has 0 aliphatic carbocycles. The molecule has 2 aromatic heterocycles. The van der Waals surface area contributed by atoms with Crippen molar-refractivity contribution < 1.29 is 9.84 Å². The van der Waals surface area contributed by atoms with Crippen LogP contribution in [0.4, 0.5) is 11.6 Å². The van der Waals surface area contributed by atoms with Crippen LogP contribution in [0.15, 0.2) is 33.9 Å². The van der Waals surface area contributed by atoms with E-state index in [2.05, 4.69) is 11.8 Å². The molecule has 0 saturated carbocycles. The van der Waals surface area contributed by atoms with E-state index in [1.165, 1.54) is 9.13 Å². The highest BCUT2D eigenvalue weighted by Crippen LogP contribution is 2.33. The summed E-state index contributed by atoms with van der Waals surface area (Å²) in [6.07, 6.45) is 0.344. The Hall–Kier alpha value is -3.07. The van der Waals surface area contributed by atoms with Gasteiger partial charge in [-0.3, -0.25) is 13.9 Å². The highest BCUT2D eigenvalue weighted by atomic mass is 16.5. The normalized spacial score (nSPS) is 16.1. The lowest BCUT2D eigenvalue weighted by molar-refractivity contribution is 0.277. The molecule has 1 aromatic carbocycles. The number of aliphatic hydroxyl groups excluding tert-OH is 1. The summed E-state index contributed by atoms with van der Waals surface area (Å²) in [7, 11) is 1.63. The van der Waals surface area contributed by atoms with E-state index in [1.54, 1.807) is 7.05 Å². The average Bonchev–Trinajstić information content (AvgIpc) is 3.12. The fraction of sp³-hybridized carbons (Fsp3) is 0.476. The van der Waals surface area contributed by atoms with Crippen molar-refractivity contribution in [1.82, 2.24) is 18.7 Å². The predicted octanol–water partition coefficient (Wildman–Crippen LogP) is 1.47. The van der Waals surface area contributed by atoms with E-state index in [0.29, 0.717) is 36.7 Å². The molecule has 3 aromatic rings. The number of aromatic nitrogens is 4. The Balaban J connectivity index is 1.88. The van der Waals surface area contributed by atoms with Gasteiger partial charge in [0.15, 0.2) is 11.2 Å². The van der Waals surface area contributed by atoms with Crippen molar-refractivity contribution in [1.29, 1.82) is 0 Å². The van der Waals surface area contributed by atoms with E-state index >= 15 is 0 Å². The minimum Gasteiger partial charge on any atom is -0.494 e. The molecular weight excluding hydrogens is 386 g/mol. The number of ether oxygens (including phenoxy) is 1. The third kappa shape index (κ3) is 3.28. The van der Waals surface area contributed by atoms with Crippen molar-refractivity contribution in [2.75, 3.05) is 24.7 Å². The van der Waals surface area contributed by atoms with E-state index in [-0.39, 0.29) is 24.6 Å². The van der Waals surface area contributed by atoms with Gasteiger partial charge in [-0.2, -0.15) is 4.98 Å². The van der Waals surface area contributed by atoms with Crippen LogP contribution >= 0.6 is 0 Å². The number of fused-ring (bicyclic) bond motifs is 3. The fourth-order valence-electron chi connectivity index (χ4n) is 4.04. The van der Waals surface area contributed by atoms with Crippen LogP contribution in [-0.4, -0.2) is 43.6 Å². The van der Waals surface area contributed by atoms with Crippen molar-refractivity contribution >= 4 is 22.8 Å². The molecule has 160 valence electrons. The Labute approximate surface area is 173 Å². The Morgan fingerprint density at radius 3 is 2.60 bits per heavy atom. The molecule has 9 heteroatoms. The maximum absolute atomic E-state index is 13.2. The third-order valence-corrected chi connectivity index (χ3v) is 5.44. The molecule has 3 heterocycles. The molecule has 1 N–H and O–H groups in total. The topological polar surface area (TPSA) is 94.5 Å². The maximum Gasteiger partial charge on any atom is 0.332 e. The van der Waals surface area contributed by atoms with Crippen LogP contribution in [0.25, 0.3) is 11.2 Å². The first-order valence-electron chi connectivity index (χ1n) is 10.3. The van der Waals surface area contributed by atoms with Crippen LogP contribution in [0, 0.1) is 5.92 Å². The molecule has 1 aliphatic heterocycles. The molecule has 0 radical (unpaired) electrons. The Kier molecular flexibility index (Phi) is 5.38. The number of hydrogen-bond acceptors (Lipinski definition) is 6. The SMILES string of the molecule is CCOc1ccc(N2C[C@H](C)Cn3c2nc2c3c(=O)n(CCCO)c(=O)n2C)cc1. The van der Waals surface area contributed by atoms with Gasteiger partial charge >= 0.3 is 5.69 Å². The number of anilines is 2. The summed E-state index contributed by atoms with van der Waals surface area (Å²) in [4.78, 5) is 32.7. The summed E-state index contributed by atoms with van der Waals surface area (Å²) in [6, 6.07) is 7.79. The lowest BCUT2D eigenvalue weighted by atomic mass is 10.1. The molecule has 0 bridgehead atoms. The zero-order valence-corrected chi connectivity index (χ0v) is 17.5. The van der Waals surface area contributed by atoms with Gasteiger partial charge in [-0.05, 0) is 43.5 Å². The van der Waals surface area contributed by atoms with Gasteiger partial charge in [0.1, 0.15) is 5.75 Å². The zero-order chi connectivity index (χ0) is 21.4. The summed E-state index contributed by atoms with van der Waals surface area (Å²) >= 11 is 0. The monoisotopic (exact) mass is 413 g/mol. The van der Waals surface area contributed by atoms with Gasteiger partial charge in [0.25, 0.3) is 5.56 Å². The van der Waals surface area contributed by atoms with Crippen molar-refractivity contribution in [3.63, 3.8) is 0 Å². The fourth-order valence-corrected chi connectivity index (χ4v) is 4.04. The molecule has 1 atom stereocenters. The van der Waals surface area contributed by atoms with Crippen LogP contribution in [0.3, 0.4) is 0 Å². The summed E-state index contributed by atoms with van der Waals surface area (Å²) < 4.78 is 10.1. The molecule has 9 nitrogen and oxygen atoms in total. The maximum atomic E-state index is 13.2. The first-order valence-corrected chi connectivity index (χ1v) is 10.3. The average molecular weight is 413 g/mol. The smallest absolute Gasteiger partial charge is 0.332 e. The van der Waals surface area contributed by atoms with Gasteiger partial charge in [-0.15, -0.1) is 0 Å². The van der Waals surface area contributed by atoms with Gasteiger partial charge in [0, 0.05) is 39.0 Å². The van der Waals surface area contributed by atoms with Gasteiger partial charge in [0.2, 0.25) is 5.95 Å². The van der Waals surface area contributed by atoms with Gasteiger partial charge in [-0.25, -0.2) is 4.79 Å². The largest absolute Gasteiger partial charge is 0.494 e. The number of hydrogen-bond donors (Lipinski definition) is 1. The molecule has 0 amide bonds. The molecule has 1 aliphatic rings. The number of imidazole rings is 1. The number of aliphatic hydroxyl groups is 1. The van der Waals surface area contributed by atoms with Crippen LogP contribution < -0.4 is 20.9 Å². The molecule has 0 spiro atoms. The van der Waals surface area contributed by atoms with Crippen molar-refractivity contribution in [2.24, 2.45) is 13.0 Å².